The van der Waals surface area contributed by atoms with Crippen molar-refractivity contribution in [3.05, 3.63) is 58.1 Å². The first-order valence-corrected chi connectivity index (χ1v) is 13.7. The number of hydrogen-bond donors (Lipinski definition) is 1. The molecule has 2 aromatic carbocycles. The number of rotatable bonds is 12. The first kappa shape index (κ1) is 28.7. The molecular formula is C24H31Cl2N3O5S. The summed E-state index contributed by atoms with van der Waals surface area (Å²) in [6.45, 7) is 3.71. The maximum absolute atomic E-state index is 13.5. The number of carbonyl (C=O) groups excluding carboxylic acids is 2. The van der Waals surface area contributed by atoms with E-state index in [1.165, 1.54) is 23.1 Å². The van der Waals surface area contributed by atoms with Gasteiger partial charge in [0.1, 0.15) is 18.3 Å². The Hall–Kier alpha value is -2.49. The van der Waals surface area contributed by atoms with Crippen LogP contribution in [0.5, 0.6) is 5.75 Å². The maximum Gasteiger partial charge on any atom is 0.244 e. The summed E-state index contributed by atoms with van der Waals surface area (Å²) in [6, 6.07) is 10.6. The highest BCUT2D eigenvalue weighted by molar-refractivity contribution is 7.92. The Morgan fingerprint density at radius 3 is 2.29 bits per heavy atom. The van der Waals surface area contributed by atoms with Crippen LogP contribution in [0.1, 0.15) is 32.3 Å². The number of benzene rings is 2. The second-order valence-electron chi connectivity index (χ2n) is 8.06. The number of carbonyl (C=O) groups is 2. The molecule has 0 radical (unpaired) electrons. The number of halogens is 2. The SMILES string of the molecule is CCCCNC(=O)[C@H](C)N(Cc1ccc(OC)cc1)C(=O)CN(c1ccc(Cl)c(Cl)c1)S(C)(=O)=O. The van der Waals surface area contributed by atoms with Gasteiger partial charge in [-0.2, -0.15) is 0 Å². The Bertz CT molecular complexity index is 1130. The molecule has 0 bridgehead atoms. The van der Waals surface area contributed by atoms with Crippen LogP contribution in [0.25, 0.3) is 0 Å². The molecule has 0 spiro atoms. The van der Waals surface area contributed by atoms with E-state index in [1.807, 2.05) is 6.92 Å². The molecule has 0 fully saturated rings. The average molecular weight is 545 g/mol. The number of hydrogen-bond acceptors (Lipinski definition) is 5. The van der Waals surface area contributed by atoms with Crippen LogP contribution in [-0.4, -0.2) is 57.6 Å². The molecule has 0 heterocycles. The van der Waals surface area contributed by atoms with Gasteiger partial charge in [-0.15, -0.1) is 0 Å². The fraction of sp³-hybridized carbons (Fsp3) is 0.417. The molecule has 0 aliphatic carbocycles. The molecule has 0 aliphatic heterocycles. The van der Waals surface area contributed by atoms with Gasteiger partial charge in [-0.1, -0.05) is 48.7 Å². The van der Waals surface area contributed by atoms with Crippen LogP contribution in [-0.2, 0) is 26.2 Å². The van der Waals surface area contributed by atoms with E-state index in [0.29, 0.717) is 12.3 Å². The lowest BCUT2D eigenvalue weighted by Crippen LogP contribution is -2.51. The minimum atomic E-state index is -3.85. The molecule has 11 heteroatoms. The minimum absolute atomic E-state index is 0.101. The van der Waals surface area contributed by atoms with Crippen molar-refractivity contribution in [1.29, 1.82) is 0 Å². The van der Waals surface area contributed by atoms with Crippen molar-refractivity contribution in [3.63, 3.8) is 0 Å². The van der Waals surface area contributed by atoms with Crippen molar-refractivity contribution >= 4 is 50.7 Å². The van der Waals surface area contributed by atoms with Gasteiger partial charge in [0, 0.05) is 13.1 Å². The molecule has 8 nitrogen and oxygen atoms in total. The van der Waals surface area contributed by atoms with Crippen LogP contribution in [0.4, 0.5) is 5.69 Å². The predicted octanol–water partition coefficient (Wildman–Crippen LogP) is 4.10. The molecule has 0 unspecified atom stereocenters. The summed E-state index contributed by atoms with van der Waals surface area (Å²) in [5.41, 5.74) is 0.951. The number of amides is 2. The predicted molar refractivity (Wildman–Crippen MR) is 140 cm³/mol. The van der Waals surface area contributed by atoms with Crippen LogP contribution >= 0.6 is 23.2 Å². The number of anilines is 1. The van der Waals surface area contributed by atoms with Gasteiger partial charge in [0.15, 0.2) is 0 Å². The topological polar surface area (TPSA) is 96.0 Å². The lowest BCUT2D eigenvalue weighted by atomic mass is 10.1. The molecule has 0 saturated heterocycles. The van der Waals surface area contributed by atoms with Crippen molar-refractivity contribution in [2.24, 2.45) is 0 Å². The largest absolute Gasteiger partial charge is 0.497 e. The number of unbranched alkanes of at least 4 members (excludes halogenated alkanes) is 1. The normalized spacial score (nSPS) is 12.1. The second-order valence-corrected chi connectivity index (χ2v) is 10.8. The summed E-state index contributed by atoms with van der Waals surface area (Å²) in [5.74, 6) is -0.212. The van der Waals surface area contributed by atoms with E-state index in [-0.39, 0.29) is 28.2 Å². The first-order chi connectivity index (χ1) is 16.5. The second kappa shape index (κ2) is 13.0. The molecule has 0 aromatic heterocycles. The van der Waals surface area contributed by atoms with Crippen LogP contribution in [0.2, 0.25) is 10.0 Å². The van der Waals surface area contributed by atoms with Crippen LogP contribution in [0.15, 0.2) is 42.5 Å². The van der Waals surface area contributed by atoms with E-state index in [9.17, 15) is 18.0 Å². The zero-order chi connectivity index (χ0) is 26.2. The van der Waals surface area contributed by atoms with Crippen LogP contribution < -0.4 is 14.4 Å². The monoisotopic (exact) mass is 543 g/mol. The summed E-state index contributed by atoms with van der Waals surface area (Å²) in [4.78, 5) is 27.6. The summed E-state index contributed by atoms with van der Waals surface area (Å²) in [6.07, 6.45) is 2.72. The first-order valence-electron chi connectivity index (χ1n) is 11.1. The van der Waals surface area contributed by atoms with Gasteiger partial charge in [0.25, 0.3) is 0 Å². The summed E-state index contributed by atoms with van der Waals surface area (Å²) < 4.78 is 31.3. The summed E-state index contributed by atoms with van der Waals surface area (Å²) >= 11 is 12.0. The van der Waals surface area contributed by atoms with E-state index >= 15 is 0 Å². The quantitative estimate of drug-likeness (QED) is 0.406. The van der Waals surface area contributed by atoms with E-state index in [1.54, 1.807) is 38.3 Å². The third-order valence-corrected chi connectivity index (χ3v) is 7.26. The Balaban J connectivity index is 2.36. The zero-order valence-corrected chi connectivity index (χ0v) is 22.6. The fourth-order valence-corrected chi connectivity index (χ4v) is 4.43. The van der Waals surface area contributed by atoms with Gasteiger partial charge in [-0.25, -0.2) is 8.42 Å². The molecule has 2 amide bonds. The van der Waals surface area contributed by atoms with E-state index in [2.05, 4.69) is 5.32 Å². The summed E-state index contributed by atoms with van der Waals surface area (Å²) in [5, 5.41) is 3.25. The lowest BCUT2D eigenvalue weighted by Gasteiger charge is -2.31. The van der Waals surface area contributed by atoms with Gasteiger partial charge < -0.3 is 15.0 Å². The van der Waals surface area contributed by atoms with Gasteiger partial charge >= 0.3 is 0 Å². The van der Waals surface area contributed by atoms with Crippen molar-refractivity contribution in [1.82, 2.24) is 10.2 Å². The van der Waals surface area contributed by atoms with Gasteiger partial charge in [-0.05, 0) is 49.2 Å². The maximum atomic E-state index is 13.5. The smallest absolute Gasteiger partial charge is 0.244 e. The van der Waals surface area contributed by atoms with E-state index < -0.39 is 28.5 Å². The third kappa shape index (κ3) is 8.30. The summed E-state index contributed by atoms with van der Waals surface area (Å²) in [7, 11) is -2.30. The van der Waals surface area contributed by atoms with Gasteiger partial charge in [-0.3, -0.25) is 13.9 Å². The van der Waals surface area contributed by atoms with Crippen molar-refractivity contribution in [3.8, 4) is 5.75 Å². The Morgan fingerprint density at radius 1 is 1.09 bits per heavy atom. The Labute approximate surface area is 217 Å². The molecule has 1 N–H and O–H groups in total. The number of sulfonamides is 1. The van der Waals surface area contributed by atoms with Crippen LogP contribution in [0.3, 0.4) is 0 Å². The molecule has 0 aliphatic rings. The van der Waals surface area contributed by atoms with Gasteiger partial charge in [0.2, 0.25) is 21.8 Å². The molecule has 2 aromatic rings. The molecule has 0 saturated carbocycles. The highest BCUT2D eigenvalue weighted by Crippen LogP contribution is 2.28. The molecular weight excluding hydrogens is 513 g/mol. The Morgan fingerprint density at radius 2 is 1.74 bits per heavy atom. The lowest BCUT2D eigenvalue weighted by molar-refractivity contribution is -0.139. The molecule has 2 rings (SSSR count). The van der Waals surface area contributed by atoms with Gasteiger partial charge in [0.05, 0.1) is 29.1 Å². The number of nitrogens with one attached hydrogen (secondary N) is 1. The standard InChI is InChI=1S/C24H31Cl2N3O5S/c1-5-6-13-27-24(31)17(2)28(15-18-7-10-20(34-3)11-8-18)23(30)16-29(35(4,32)33)19-9-12-21(25)22(26)14-19/h7-12,14,17H,5-6,13,15-16H2,1-4H3,(H,27,31)/t17-/m0/s1. The van der Waals surface area contributed by atoms with E-state index in [0.717, 1.165) is 29.0 Å². The molecule has 192 valence electrons. The number of ether oxygens (including phenoxy) is 1. The molecule has 1 atom stereocenters. The van der Waals surface area contributed by atoms with Crippen LogP contribution in [0, 0.1) is 0 Å². The highest BCUT2D eigenvalue weighted by Gasteiger charge is 2.30. The number of methoxy groups -OCH3 is 1. The highest BCUT2D eigenvalue weighted by atomic mass is 35.5. The zero-order valence-electron chi connectivity index (χ0n) is 20.3. The molecule has 35 heavy (non-hydrogen) atoms. The average Bonchev–Trinajstić information content (AvgIpc) is 2.82. The fourth-order valence-electron chi connectivity index (χ4n) is 3.30. The number of nitrogens with zero attached hydrogens (tertiary/aromatic N) is 2. The van der Waals surface area contributed by atoms with Crippen molar-refractivity contribution in [2.45, 2.75) is 39.3 Å². The third-order valence-electron chi connectivity index (χ3n) is 5.38. The van der Waals surface area contributed by atoms with E-state index in [4.69, 9.17) is 27.9 Å². The van der Waals surface area contributed by atoms with Crippen molar-refractivity contribution < 1.29 is 22.7 Å². The van der Waals surface area contributed by atoms with Crippen molar-refractivity contribution in [2.75, 3.05) is 30.8 Å². The minimum Gasteiger partial charge on any atom is -0.497 e. The Kier molecular flexibility index (Phi) is 10.7.